The van der Waals surface area contributed by atoms with E-state index in [4.69, 9.17) is 0 Å². The Labute approximate surface area is 514 Å². The van der Waals surface area contributed by atoms with Crippen molar-refractivity contribution in [2.24, 2.45) is 0 Å². The van der Waals surface area contributed by atoms with Gasteiger partial charge in [0.2, 0.25) is 0 Å². The van der Waals surface area contributed by atoms with Gasteiger partial charge in [-0.05, 0) is 187 Å². The van der Waals surface area contributed by atoms with Crippen LogP contribution in [0.2, 0.25) is 0 Å². The van der Waals surface area contributed by atoms with Crippen LogP contribution in [0.1, 0.15) is 0 Å². The molecule has 0 saturated carbocycles. The number of benzene rings is 12. The summed E-state index contributed by atoms with van der Waals surface area (Å²) < 4.78 is 0. The second-order valence-corrected chi connectivity index (χ2v) is 21.7. The van der Waals surface area contributed by atoms with Crippen LogP contribution in [0.15, 0.2) is 359 Å². The van der Waals surface area contributed by atoms with Crippen molar-refractivity contribution in [3.63, 3.8) is 0 Å². The molecule has 0 bridgehead atoms. The number of fused-ring (bicyclic) bond motifs is 2. The second kappa shape index (κ2) is 25.2. The van der Waals surface area contributed by atoms with Gasteiger partial charge in [-0.1, -0.05) is 206 Å². The van der Waals surface area contributed by atoms with Gasteiger partial charge < -0.3 is 9.80 Å². The van der Waals surface area contributed by atoms with Crippen LogP contribution in [-0.4, -0.2) is 15.0 Å². The summed E-state index contributed by atoms with van der Waals surface area (Å²) in [5.41, 5.74) is 22.9. The molecule has 3 aromatic heterocycles. The van der Waals surface area contributed by atoms with Crippen LogP contribution in [0.5, 0.6) is 0 Å². The first-order chi connectivity index (χ1) is 43.6. The van der Waals surface area contributed by atoms with E-state index >= 15 is 0 Å². The summed E-state index contributed by atoms with van der Waals surface area (Å²) in [6.07, 6.45) is 11.2. The van der Waals surface area contributed by atoms with E-state index in [1.807, 2.05) is 55.4 Å². The van der Waals surface area contributed by atoms with Crippen molar-refractivity contribution >= 4 is 55.7 Å². The number of anilines is 6. The van der Waals surface area contributed by atoms with Gasteiger partial charge in [0.05, 0.1) is 11.4 Å². The van der Waals surface area contributed by atoms with Crippen LogP contribution in [0.4, 0.5) is 34.1 Å². The molecule has 0 aliphatic heterocycles. The zero-order valence-electron chi connectivity index (χ0n) is 48.3. The molecule has 88 heavy (non-hydrogen) atoms. The predicted octanol–water partition coefficient (Wildman–Crippen LogP) is 22.5. The fourth-order valence-electron chi connectivity index (χ4n) is 11.8. The van der Waals surface area contributed by atoms with Crippen molar-refractivity contribution in [2.45, 2.75) is 0 Å². The minimum Gasteiger partial charge on any atom is -0.310 e. The van der Waals surface area contributed by atoms with Gasteiger partial charge >= 0.3 is 0 Å². The molecule has 416 valence electrons. The highest BCUT2D eigenvalue weighted by atomic mass is 15.1. The maximum atomic E-state index is 4.33. The number of aromatic nitrogens is 3. The number of pyridine rings is 3. The van der Waals surface area contributed by atoms with Crippen LogP contribution in [0, 0.1) is 0 Å². The molecule has 12 aromatic carbocycles. The van der Waals surface area contributed by atoms with Crippen LogP contribution in [0.3, 0.4) is 0 Å². The summed E-state index contributed by atoms with van der Waals surface area (Å²) >= 11 is 0. The predicted molar refractivity (Wildman–Crippen MR) is 369 cm³/mol. The third-order valence-corrected chi connectivity index (χ3v) is 16.1. The monoisotopic (exact) mass is 1130 g/mol. The van der Waals surface area contributed by atoms with Gasteiger partial charge in [-0.15, -0.1) is 0 Å². The molecule has 15 rings (SSSR count). The lowest BCUT2D eigenvalue weighted by atomic mass is 9.91. The molecule has 0 aliphatic rings. The van der Waals surface area contributed by atoms with Gasteiger partial charge in [0.15, 0.2) is 0 Å². The lowest BCUT2D eigenvalue weighted by molar-refractivity contribution is 1.29. The second-order valence-electron chi connectivity index (χ2n) is 21.7. The Morgan fingerprint density at radius 3 is 0.795 bits per heavy atom. The Morgan fingerprint density at radius 1 is 0.182 bits per heavy atom. The maximum absolute atomic E-state index is 4.33. The van der Waals surface area contributed by atoms with Gasteiger partial charge in [-0.3, -0.25) is 15.0 Å². The van der Waals surface area contributed by atoms with Crippen molar-refractivity contribution < 1.29 is 0 Å². The molecular weight excluding hydrogens is 1070 g/mol. The first kappa shape index (κ1) is 54.2. The van der Waals surface area contributed by atoms with Crippen molar-refractivity contribution in [1.82, 2.24) is 15.0 Å². The topological polar surface area (TPSA) is 45.2 Å². The van der Waals surface area contributed by atoms with Crippen LogP contribution in [-0.2, 0) is 0 Å². The largest absolute Gasteiger partial charge is 0.310 e. The molecule has 0 N–H and O–H groups in total. The van der Waals surface area contributed by atoms with E-state index in [0.29, 0.717) is 0 Å². The van der Waals surface area contributed by atoms with Gasteiger partial charge in [0, 0.05) is 87.4 Å². The van der Waals surface area contributed by atoms with Crippen molar-refractivity contribution in [3.05, 3.63) is 359 Å². The van der Waals surface area contributed by atoms with Crippen LogP contribution < -0.4 is 9.80 Å². The number of hydrogen-bond donors (Lipinski definition) is 0. The Bertz CT molecular complexity index is 4410. The lowest BCUT2D eigenvalue weighted by Gasteiger charge is -2.27. The molecule has 3 heterocycles. The van der Waals surface area contributed by atoms with E-state index in [1.165, 1.54) is 32.7 Å². The third-order valence-electron chi connectivity index (χ3n) is 16.1. The summed E-state index contributed by atoms with van der Waals surface area (Å²) in [6, 6.07) is 114. The molecule has 0 fully saturated rings. The summed E-state index contributed by atoms with van der Waals surface area (Å²) in [5, 5.41) is 4.90. The standard InChI is InChI=1S/C44H32N2.C39H27N3/c1-3-17-37(18-4-1)45(43-23-11-15-35-13-7-9-21-41(35)43)39-29-25-33(26-30-39)34-27-31-40(32-28-34)46(38-19-5-2-6-20-38)44-24-12-16-36-14-8-10-22-42(36)44;1-7-28(34-13-4-16-40-25-34)19-31(10-1)37-22-38(32-11-2-8-29(20-32)35-14-5-17-41-26-35)24-39(23-37)33-12-3-9-30(21-33)36-15-6-18-42-27-36/h1-32H;1-27H. The molecule has 0 atom stereocenters. The average molecular weight is 1130 g/mol. The molecule has 0 spiro atoms. The lowest BCUT2D eigenvalue weighted by Crippen LogP contribution is -2.10. The molecule has 15 aromatic rings. The third kappa shape index (κ3) is 11.7. The quantitative estimate of drug-likeness (QED) is 0.115. The van der Waals surface area contributed by atoms with E-state index in [1.54, 1.807) is 0 Å². The average Bonchev–Trinajstić information content (AvgIpc) is 1.28. The molecule has 0 unspecified atom stereocenters. The van der Waals surface area contributed by atoms with Gasteiger partial charge in [-0.25, -0.2) is 0 Å². The Hall–Kier alpha value is -11.8. The van der Waals surface area contributed by atoms with E-state index in [2.05, 4.69) is 328 Å². The van der Waals surface area contributed by atoms with E-state index < -0.39 is 0 Å². The number of nitrogens with zero attached hydrogens (tertiary/aromatic N) is 5. The fourth-order valence-corrected chi connectivity index (χ4v) is 11.8. The smallest absolute Gasteiger partial charge is 0.0540 e. The van der Waals surface area contributed by atoms with Gasteiger partial charge in [0.1, 0.15) is 0 Å². The Balaban J connectivity index is 0.000000155. The van der Waals surface area contributed by atoms with E-state index in [0.717, 1.165) is 101 Å². The Morgan fingerprint density at radius 2 is 0.455 bits per heavy atom. The fraction of sp³-hybridized carbons (Fsp3) is 0. The highest BCUT2D eigenvalue weighted by Crippen LogP contribution is 2.43. The number of para-hydroxylation sites is 2. The van der Waals surface area contributed by atoms with Gasteiger partial charge in [0.25, 0.3) is 0 Å². The molecule has 0 aliphatic carbocycles. The summed E-state index contributed by atoms with van der Waals surface area (Å²) in [4.78, 5) is 17.7. The minimum atomic E-state index is 1.10. The first-order valence-electron chi connectivity index (χ1n) is 29.7. The SMILES string of the molecule is c1ccc(N(c2ccc(-c3ccc(N(c4ccccc4)c4cccc5ccccc45)cc3)cc2)c2cccc3ccccc23)cc1.c1cncc(-c2cccc(-c3cc(-c4cccc(-c5cccnc5)c4)cc(-c4cccc(-c5cccnc5)c4)c3)c2)c1. The first-order valence-corrected chi connectivity index (χ1v) is 29.7. The molecule has 0 saturated heterocycles. The van der Waals surface area contributed by atoms with Crippen molar-refractivity contribution in [2.75, 3.05) is 9.80 Å². The Kier molecular flexibility index (Phi) is 15.5. The zero-order valence-corrected chi connectivity index (χ0v) is 48.3. The molecular formula is C83H59N5. The zero-order chi connectivity index (χ0) is 58.9. The van der Waals surface area contributed by atoms with Crippen LogP contribution >= 0.6 is 0 Å². The molecule has 0 radical (unpaired) electrons. The summed E-state index contributed by atoms with van der Waals surface area (Å²) in [5.74, 6) is 0. The summed E-state index contributed by atoms with van der Waals surface area (Å²) in [6.45, 7) is 0. The van der Waals surface area contributed by atoms with E-state index in [9.17, 15) is 0 Å². The normalized spacial score (nSPS) is 11.0. The van der Waals surface area contributed by atoms with Crippen LogP contribution in [0.25, 0.3) is 99.4 Å². The number of hydrogen-bond acceptors (Lipinski definition) is 5. The molecule has 5 heteroatoms. The molecule has 5 nitrogen and oxygen atoms in total. The highest BCUT2D eigenvalue weighted by Gasteiger charge is 2.18. The summed E-state index contributed by atoms with van der Waals surface area (Å²) in [7, 11) is 0. The van der Waals surface area contributed by atoms with Crippen molar-refractivity contribution in [3.8, 4) is 77.9 Å². The van der Waals surface area contributed by atoms with E-state index in [-0.39, 0.29) is 0 Å². The highest BCUT2D eigenvalue weighted by molar-refractivity contribution is 6.00. The van der Waals surface area contributed by atoms with Gasteiger partial charge in [-0.2, -0.15) is 0 Å². The van der Waals surface area contributed by atoms with Crippen molar-refractivity contribution in [1.29, 1.82) is 0 Å². The molecule has 0 amide bonds. The minimum absolute atomic E-state index is 1.10. The number of rotatable bonds is 13. The maximum Gasteiger partial charge on any atom is 0.0540 e.